The standard InChI is InChI=1S/C26H28N2O3/c1-30-24-6-4-3-5-21(9-11-24)25(29)16-19-7-8-20-13-14-28(18-22(20)15-19)23-10-12-26(31-2)27-17-23/h5-12,15,17H,3-4,13-14,16,18H2,1-2H3/b11-9?,21-5-,24-6?. The molecule has 0 atom stereocenters. The minimum atomic E-state index is 0.139. The van der Waals surface area contributed by atoms with Crippen molar-refractivity contribution in [2.45, 2.75) is 32.2 Å². The number of allylic oxidation sites excluding steroid dienone is 5. The second-order valence-electron chi connectivity index (χ2n) is 7.81. The van der Waals surface area contributed by atoms with Crippen LogP contribution in [0.5, 0.6) is 5.88 Å². The lowest BCUT2D eigenvalue weighted by Crippen LogP contribution is -2.30. The first kappa shape index (κ1) is 20.9. The molecule has 0 N–H and O–H groups in total. The SMILES string of the molecule is COC1=CCC/C=C(\C(=O)Cc2ccc3c(c2)CN(c2ccc(OC)nc2)CC3)C=C1. The zero-order chi connectivity index (χ0) is 21.6. The molecule has 0 saturated carbocycles. The summed E-state index contributed by atoms with van der Waals surface area (Å²) < 4.78 is 10.5. The summed E-state index contributed by atoms with van der Waals surface area (Å²) in [7, 11) is 3.28. The first-order chi connectivity index (χ1) is 15.2. The van der Waals surface area contributed by atoms with E-state index < -0.39 is 0 Å². The lowest BCUT2D eigenvalue weighted by atomic mass is 9.94. The van der Waals surface area contributed by atoms with Crippen molar-refractivity contribution < 1.29 is 14.3 Å². The molecule has 4 rings (SSSR count). The number of nitrogens with zero attached hydrogens (tertiary/aromatic N) is 2. The molecule has 1 aromatic heterocycles. The third-order valence-electron chi connectivity index (χ3n) is 5.80. The van der Waals surface area contributed by atoms with Crippen LogP contribution in [-0.2, 0) is 28.9 Å². The van der Waals surface area contributed by atoms with E-state index in [1.54, 1.807) is 14.2 Å². The van der Waals surface area contributed by atoms with Gasteiger partial charge in [-0.2, -0.15) is 0 Å². The highest BCUT2D eigenvalue weighted by molar-refractivity contribution is 5.99. The zero-order valence-electron chi connectivity index (χ0n) is 18.1. The highest BCUT2D eigenvalue weighted by Gasteiger charge is 2.18. The van der Waals surface area contributed by atoms with E-state index in [4.69, 9.17) is 9.47 Å². The van der Waals surface area contributed by atoms with Crippen LogP contribution in [0, 0.1) is 0 Å². The monoisotopic (exact) mass is 416 g/mol. The van der Waals surface area contributed by atoms with Crippen LogP contribution >= 0.6 is 0 Å². The Labute approximate surface area is 183 Å². The van der Waals surface area contributed by atoms with E-state index in [1.807, 2.05) is 42.6 Å². The molecule has 2 aromatic rings. The molecule has 5 heteroatoms. The molecule has 0 unspecified atom stereocenters. The van der Waals surface area contributed by atoms with Crippen LogP contribution in [0.2, 0.25) is 0 Å². The van der Waals surface area contributed by atoms with Gasteiger partial charge in [-0.1, -0.05) is 24.3 Å². The van der Waals surface area contributed by atoms with Gasteiger partial charge in [-0.3, -0.25) is 4.79 Å². The molecule has 0 radical (unpaired) electrons. The van der Waals surface area contributed by atoms with Gasteiger partial charge in [-0.05, 0) is 60.2 Å². The van der Waals surface area contributed by atoms with Gasteiger partial charge in [0, 0.05) is 31.1 Å². The molecule has 0 fully saturated rings. The number of carbonyl (C=O) groups excluding carboxylic acids is 1. The first-order valence-electron chi connectivity index (χ1n) is 10.7. The summed E-state index contributed by atoms with van der Waals surface area (Å²) >= 11 is 0. The molecule has 0 spiro atoms. The van der Waals surface area contributed by atoms with Gasteiger partial charge in [0.2, 0.25) is 5.88 Å². The number of Topliss-reactive ketones (excluding diaryl/α,β-unsaturated/α-hetero) is 1. The van der Waals surface area contributed by atoms with Crippen LogP contribution in [0.3, 0.4) is 0 Å². The van der Waals surface area contributed by atoms with Crippen molar-refractivity contribution in [2.75, 3.05) is 25.7 Å². The number of anilines is 1. The van der Waals surface area contributed by atoms with Crippen LogP contribution in [0.15, 0.2) is 72.2 Å². The second-order valence-corrected chi connectivity index (χ2v) is 7.81. The Hall–Kier alpha value is -3.34. The molecule has 1 aromatic carbocycles. The summed E-state index contributed by atoms with van der Waals surface area (Å²) in [6.07, 6.45) is 12.8. The summed E-state index contributed by atoms with van der Waals surface area (Å²) in [6.45, 7) is 1.77. The predicted molar refractivity (Wildman–Crippen MR) is 122 cm³/mol. The van der Waals surface area contributed by atoms with Crippen molar-refractivity contribution >= 4 is 11.5 Å². The van der Waals surface area contributed by atoms with Gasteiger partial charge in [0.25, 0.3) is 0 Å². The fourth-order valence-electron chi connectivity index (χ4n) is 4.04. The highest BCUT2D eigenvalue weighted by atomic mass is 16.5. The minimum Gasteiger partial charge on any atom is -0.497 e. The van der Waals surface area contributed by atoms with Crippen LogP contribution in [0.1, 0.15) is 29.5 Å². The Kier molecular flexibility index (Phi) is 6.51. The number of methoxy groups -OCH3 is 2. The van der Waals surface area contributed by atoms with Crippen LogP contribution in [0.4, 0.5) is 5.69 Å². The number of hydrogen-bond acceptors (Lipinski definition) is 5. The van der Waals surface area contributed by atoms with Crippen molar-refractivity contribution in [3.63, 3.8) is 0 Å². The maximum Gasteiger partial charge on any atom is 0.213 e. The first-order valence-corrected chi connectivity index (χ1v) is 10.7. The van der Waals surface area contributed by atoms with Crippen molar-refractivity contribution in [3.05, 3.63) is 88.9 Å². The van der Waals surface area contributed by atoms with E-state index in [-0.39, 0.29) is 5.78 Å². The largest absolute Gasteiger partial charge is 0.497 e. The third-order valence-corrected chi connectivity index (χ3v) is 5.80. The lowest BCUT2D eigenvalue weighted by Gasteiger charge is -2.31. The van der Waals surface area contributed by atoms with Crippen LogP contribution in [0.25, 0.3) is 0 Å². The molecule has 0 bridgehead atoms. The summed E-state index contributed by atoms with van der Waals surface area (Å²) in [5.74, 6) is 1.56. The third kappa shape index (κ3) is 5.05. The summed E-state index contributed by atoms with van der Waals surface area (Å²) in [5, 5.41) is 0. The van der Waals surface area contributed by atoms with Crippen LogP contribution in [-0.4, -0.2) is 31.5 Å². The van der Waals surface area contributed by atoms with E-state index in [0.717, 1.165) is 54.9 Å². The summed E-state index contributed by atoms with van der Waals surface area (Å²) in [4.78, 5) is 19.6. The molecule has 160 valence electrons. The Bertz CT molecular complexity index is 1040. The van der Waals surface area contributed by atoms with E-state index >= 15 is 0 Å². The van der Waals surface area contributed by atoms with Gasteiger partial charge in [-0.15, -0.1) is 0 Å². The van der Waals surface area contributed by atoms with Crippen LogP contribution < -0.4 is 9.64 Å². The number of rotatable bonds is 6. The second kappa shape index (κ2) is 9.65. The molecule has 0 amide bonds. The van der Waals surface area contributed by atoms with Gasteiger partial charge in [0.15, 0.2) is 5.78 Å². The quantitative estimate of drug-likeness (QED) is 0.690. The average molecular weight is 417 g/mol. The molecule has 2 aliphatic rings. The molecule has 0 saturated heterocycles. The molecular weight excluding hydrogens is 388 g/mol. The normalized spacial score (nSPS) is 17.5. The fourth-order valence-corrected chi connectivity index (χ4v) is 4.04. The molecule has 1 aliphatic carbocycles. The summed E-state index contributed by atoms with van der Waals surface area (Å²) in [6, 6.07) is 10.4. The Morgan fingerprint density at radius 2 is 1.90 bits per heavy atom. The average Bonchev–Trinajstić information content (AvgIpc) is 2.79. The van der Waals surface area contributed by atoms with E-state index in [2.05, 4.69) is 28.1 Å². The van der Waals surface area contributed by atoms with Crippen molar-refractivity contribution in [3.8, 4) is 5.88 Å². The number of benzene rings is 1. The smallest absolute Gasteiger partial charge is 0.213 e. The van der Waals surface area contributed by atoms with E-state index in [0.29, 0.717) is 12.3 Å². The van der Waals surface area contributed by atoms with Crippen molar-refractivity contribution in [2.24, 2.45) is 0 Å². The molecule has 5 nitrogen and oxygen atoms in total. The molecule has 2 heterocycles. The Morgan fingerprint density at radius 1 is 1.03 bits per heavy atom. The van der Waals surface area contributed by atoms with Crippen molar-refractivity contribution in [1.82, 2.24) is 4.98 Å². The Morgan fingerprint density at radius 3 is 2.68 bits per heavy atom. The van der Waals surface area contributed by atoms with Gasteiger partial charge in [0.05, 0.1) is 26.1 Å². The molecular formula is C26H28N2O3. The number of ketones is 1. The maximum atomic E-state index is 12.9. The molecule has 31 heavy (non-hydrogen) atoms. The zero-order valence-corrected chi connectivity index (χ0v) is 18.1. The summed E-state index contributed by atoms with van der Waals surface area (Å²) in [5.41, 5.74) is 5.52. The number of carbonyl (C=O) groups is 1. The van der Waals surface area contributed by atoms with Gasteiger partial charge in [0.1, 0.15) is 5.76 Å². The number of fused-ring (bicyclic) bond motifs is 1. The topological polar surface area (TPSA) is 51.7 Å². The number of pyridine rings is 1. The molecule has 1 aliphatic heterocycles. The van der Waals surface area contributed by atoms with Gasteiger partial charge in [-0.25, -0.2) is 4.98 Å². The maximum absolute atomic E-state index is 12.9. The van der Waals surface area contributed by atoms with Crippen molar-refractivity contribution in [1.29, 1.82) is 0 Å². The Balaban J connectivity index is 1.47. The highest BCUT2D eigenvalue weighted by Crippen LogP contribution is 2.26. The van der Waals surface area contributed by atoms with Gasteiger partial charge < -0.3 is 14.4 Å². The fraction of sp³-hybridized carbons (Fsp3) is 0.308. The van der Waals surface area contributed by atoms with E-state index in [1.165, 1.54) is 11.1 Å². The predicted octanol–water partition coefficient (Wildman–Crippen LogP) is 4.57. The number of ether oxygens (including phenoxy) is 2. The minimum absolute atomic E-state index is 0.139. The number of aromatic nitrogens is 1. The van der Waals surface area contributed by atoms with Gasteiger partial charge >= 0.3 is 0 Å². The number of hydrogen-bond donors (Lipinski definition) is 0. The lowest BCUT2D eigenvalue weighted by molar-refractivity contribution is -0.114. The van der Waals surface area contributed by atoms with E-state index in [9.17, 15) is 4.79 Å².